The highest BCUT2D eigenvalue weighted by Crippen LogP contribution is 2.40. The minimum atomic E-state index is -0.330. The molecule has 2 nitrogen and oxygen atoms in total. The molecule has 0 saturated heterocycles. The maximum atomic E-state index is 6.04. The maximum Gasteiger partial charge on any atom is 0.148 e. The summed E-state index contributed by atoms with van der Waals surface area (Å²) in [5, 5.41) is 0. The summed E-state index contributed by atoms with van der Waals surface area (Å²) in [6.45, 7) is 11.9. The van der Waals surface area contributed by atoms with Crippen molar-refractivity contribution >= 4 is 0 Å². The van der Waals surface area contributed by atoms with Crippen molar-refractivity contribution in [3.63, 3.8) is 0 Å². The van der Waals surface area contributed by atoms with Gasteiger partial charge in [0, 0.05) is 16.7 Å². The number of terminal acetylenes is 1. The lowest BCUT2D eigenvalue weighted by atomic mass is 9.82. The zero-order valence-corrected chi connectivity index (χ0v) is 18.1. The molecule has 31 heavy (non-hydrogen) atoms. The van der Waals surface area contributed by atoms with Crippen LogP contribution >= 0.6 is 0 Å². The topological polar surface area (TPSA) is 18.5 Å². The van der Waals surface area contributed by atoms with Crippen molar-refractivity contribution in [3.8, 4) is 12.3 Å². The molecule has 0 spiro atoms. The summed E-state index contributed by atoms with van der Waals surface area (Å²) in [5.41, 5.74) is 6.01. The Morgan fingerprint density at radius 1 is 0.774 bits per heavy atom. The summed E-state index contributed by atoms with van der Waals surface area (Å²) in [5.74, 6) is 3.01. The first-order chi connectivity index (χ1) is 15.1. The quantitative estimate of drug-likeness (QED) is 0.273. The van der Waals surface area contributed by atoms with Gasteiger partial charge in [-0.3, -0.25) is 0 Å². The van der Waals surface area contributed by atoms with E-state index in [1.54, 1.807) is 0 Å². The fourth-order valence-corrected chi connectivity index (χ4v) is 3.99. The van der Waals surface area contributed by atoms with Gasteiger partial charge in [0.25, 0.3) is 0 Å². The van der Waals surface area contributed by atoms with E-state index in [0.29, 0.717) is 0 Å². The van der Waals surface area contributed by atoms with Crippen molar-refractivity contribution in [3.05, 3.63) is 132 Å². The highest BCUT2D eigenvalue weighted by atomic mass is 16.5. The Labute approximate surface area is 185 Å². The van der Waals surface area contributed by atoms with Crippen molar-refractivity contribution in [1.82, 2.24) is 0 Å². The molecule has 3 aromatic carbocycles. The van der Waals surface area contributed by atoms with Crippen LogP contribution in [0.3, 0.4) is 0 Å². The molecule has 3 rings (SSSR count). The zero-order chi connectivity index (χ0) is 22.2. The molecule has 2 heteroatoms. The molecule has 3 aromatic rings. The highest BCUT2D eigenvalue weighted by molar-refractivity contribution is 5.52. The van der Waals surface area contributed by atoms with Crippen LogP contribution in [0.4, 0.5) is 0 Å². The molecule has 0 heterocycles. The van der Waals surface area contributed by atoms with Crippen LogP contribution in [-0.2, 0) is 9.47 Å². The summed E-state index contributed by atoms with van der Waals surface area (Å²) in [6, 6.07) is 24.3. The van der Waals surface area contributed by atoms with Gasteiger partial charge in [-0.2, -0.15) is 0 Å². The third-order valence-electron chi connectivity index (χ3n) is 5.22. The first kappa shape index (κ1) is 22.0. The van der Waals surface area contributed by atoms with E-state index in [2.05, 4.69) is 57.2 Å². The molecule has 0 aromatic heterocycles. The molecule has 0 radical (unpaired) electrons. The van der Waals surface area contributed by atoms with Gasteiger partial charge in [0.2, 0.25) is 0 Å². The van der Waals surface area contributed by atoms with Gasteiger partial charge in [0.15, 0.2) is 0 Å². The minimum absolute atomic E-state index is 0.205. The van der Waals surface area contributed by atoms with Crippen LogP contribution < -0.4 is 0 Å². The van der Waals surface area contributed by atoms with E-state index in [1.165, 1.54) is 12.5 Å². The first-order valence-corrected chi connectivity index (χ1v) is 10.4. The van der Waals surface area contributed by atoms with Gasteiger partial charge in [-0.05, 0) is 34.7 Å². The van der Waals surface area contributed by atoms with Crippen molar-refractivity contribution in [2.24, 2.45) is 0 Å². The van der Waals surface area contributed by atoms with Gasteiger partial charge < -0.3 is 9.47 Å². The Kier molecular flexibility index (Phi) is 7.35. The van der Waals surface area contributed by atoms with Crippen LogP contribution in [0.25, 0.3) is 0 Å². The Morgan fingerprint density at radius 3 is 1.52 bits per heavy atom. The van der Waals surface area contributed by atoms with Crippen LogP contribution in [-0.4, -0.2) is 0 Å². The number of rotatable bonds is 9. The van der Waals surface area contributed by atoms with Gasteiger partial charge in [-0.15, -0.1) is 6.42 Å². The number of ether oxygens (including phenoxy) is 2. The Balaban J connectivity index is 2.31. The zero-order valence-electron chi connectivity index (χ0n) is 18.1. The summed E-state index contributed by atoms with van der Waals surface area (Å²) in [7, 11) is 0. The number of hydrogen-bond acceptors (Lipinski definition) is 2. The molecule has 0 aliphatic heterocycles. The second-order valence-electron chi connectivity index (χ2n) is 7.55. The third-order valence-corrected chi connectivity index (χ3v) is 5.22. The Morgan fingerprint density at radius 2 is 1.19 bits per heavy atom. The smallest absolute Gasteiger partial charge is 0.148 e. The monoisotopic (exact) mass is 408 g/mol. The molecule has 0 N–H and O–H groups in total. The highest BCUT2D eigenvalue weighted by Gasteiger charge is 2.27. The Bertz CT molecular complexity index is 984. The van der Waals surface area contributed by atoms with Gasteiger partial charge in [0.05, 0.1) is 12.5 Å². The van der Waals surface area contributed by atoms with Crippen molar-refractivity contribution < 1.29 is 9.47 Å². The van der Waals surface area contributed by atoms with Crippen LogP contribution in [0, 0.1) is 12.3 Å². The second-order valence-corrected chi connectivity index (χ2v) is 7.55. The molecule has 0 bridgehead atoms. The van der Waals surface area contributed by atoms with Crippen LogP contribution in [0.5, 0.6) is 0 Å². The lowest BCUT2D eigenvalue weighted by molar-refractivity contribution is 0.175. The van der Waals surface area contributed by atoms with Crippen LogP contribution in [0.1, 0.15) is 65.4 Å². The van der Waals surface area contributed by atoms with E-state index in [9.17, 15) is 0 Å². The SMILES string of the molecule is C#Cc1cc(C(OC=C)c2ccccc2)c(C(C)C)c(C(OC=C)c2ccccc2)c1. The summed E-state index contributed by atoms with van der Waals surface area (Å²) in [6.07, 6.45) is 8.18. The van der Waals surface area contributed by atoms with Gasteiger partial charge in [-0.1, -0.05) is 93.6 Å². The van der Waals surface area contributed by atoms with E-state index in [0.717, 1.165) is 33.4 Å². The standard InChI is InChI=1S/C29H28O2/c1-6-22-19-25(28(30-7-2)23-15-11-9-12-16-23)27(21(4)5)26(20-22)29(31-8-3)24-17-13-10-14-18-24/h1,7-21,28-29H,2-3H2,4-5H3. The summed E-state index contributed by atoms with van der Waals surface area (Å²) < 4.78 is 12.1. The number of benzene rings is 3. The molecular formula is C29H28O2. The Hall–Kier alpha value is -3.70. The molecule has 2 atom stereocenters. The summed E-state index contributed by atoms with van der Waals surface area (Å²) >= 11 is 0. The molecular weight excluding hydrogens is 380 g/mol. The molecule has 156 valence electrons. The predicted octanol–water partition coefficient (Wildman–Crippen LogP) is 7.29. The van der Waals surface area contributed by atoms with E-state index >= 15 is 0 Å². The van der Waals surface area contributed by atoms with Crippen molar-refractivity contribution in [1.29, 1.82) is 0 Å². The lowest BCUT2D eigenvalue weighted by Crippen LogP contribution is -2.14. The van der Waals surface area contributed by atoms with Gasteiger partial charge >= 0.3 is 0 Å². The van der Waals surface area contributed by atoms with Crippen LogP contribution in [0.15, 0.2) is 98.5 Å². The maximum absolute atomic E-state index is 6.04. The first-order valence-electron chi connectivity index (χ1n) is 10.4. The predicted molar refractivity (Wildman–Crippen MR) is 128 cm³/mol. The second kappa shape index (κ2) is 10.4. The average molecular weight is 409 g/mol. The van der Waals surface area contributed by atoms with Crippen LogP contribution in [0.2, 0.25) is 0 Å². The van der Waals surface area contributed by atoms with Gasteiger partial charge in [-0.25, -0.2) is 0 Å². The fraction of sp³-hybridized carbons (Fsp3) is 0.172. The largest absolute Gasteiger partial charge is 0.489 e. The normalized spacial score (nSPS) is 12.5. The molecule has 0 aliphatic carbocycles. The van der Waals surface area contributed by atoms with E-state index < -0.39 is 0 Å². The van der Waals surface area contributed by atoms with Gasteiger partial charge in [0.1, 0.15) is 12.2 Å². The average Bonchev–Trinajstić information content (AvgIpc) is 2.81. The molecule has 0 fully saturated rings. The molecule has 0 saturated carbocycles. The fourth-order valence-electron chi connectivity index (χ4n) is 3.99. The molecule has 0 aliphatic rings. The van der Waals surface area contributed by atoms with E-state index in [-0.39, 0.29) is 18.1 Å². The minimum Gasteiger partial charge on any atom is -0.489 e. The number of hydrogen-bond donors (Lipinski definition) is 0. The van der Waals surface area contributed by atoms with Crippen molar-refractivity contribution in [2.75, 3.05) is 0 Å². The lowest BCUT2D eigenvalue weighted by Gasteiger charge is -2.28. The van der Waals surface area contributed by atoms with Crippen molar-refractivity contribution in [2.45, 2.75) is 32.0 Å². The van der Waals surface area contributed by atoms with E-state index in [4.69, 9.17) is 15.9 Å². The molecule has 2 unspecified atom stereocenters. The third kappa shape index (κ3) is 4.90. The molecule has 0 amide bonds. The van der Waals surface area contributed by atoms with E-state index in [1.807, 2.05) is 48.5 Å². The summed E-state index contributed by atoms with van der Waals surface area (Å²) in [4.78, 5) is 0.